The maximum absolute atomic E-state index is 12.8. The lowest BCUT2D eigenvalue weighted by Crippen LogP contribution is -2.32. The molecule has 250 valence electrons. The van der Waals surface area contributed by atoms with Crippen molar-refractivity contribution in [1.29, 1.82) is 0 Å². The van der Waals surface area contributed by atoms with Gasteiger partial charge in [0, 0.05) is 38.1 Å². The normalized spacial score (nSPS) is 31.5. The Morgan fingerprint density at radius 3 is 2.09 bits per heavy atom. The average Bonchev–Trinajstić information content (AvgIpc) is 3.41. The zero-order valence-electron chi connectivity index (χ0n) is 26.6. The molecule has 0 amide bonds. The third kappa shape index (κ3) is 11.0. The Labute approximate surface area is 268 Å². The predicted molar refractivity (Wildman–Crippen MR) is 167 cm³/mol. The summed E-state index contributed by atoms with van der Waals surface area (Å²) in [6.45, 7) is 2.44. The van der Waals surface area contributed by atoms with Crippen LogP contribution < -0.4 is 0 Å². The summed E-state index contributed by atoms with van der Waals surface area (Å²) in [6, 6.07) is 9.07. The van der Waals surface area contributed by atoms with E-state index in [0.717, 1.165) is 89.9 Å². The van der Waals surface area contributed by atoms with E-state index in [4.69, 9.17) is 33.2 Å². The maximum Gasteiger partial charge on any atom is 0.338 e. The topological polar surface area (TPSA) is 98.8 Å². The Morgan fingerprint density at radius 1 is 0.822 bits per heavy atom. The maximum atomic E-state index is 12.8. The fourth-order valence-electron chi connectivity index (χ4n) is 6.77. The third-order valence-electron chi connectivity index (χ3n) is 9.31. The number of unbranched alkanes of at least 4 members (excludes halogenated alkanes) is 1. The van der Waals surface area contributed by atoms with Gasteiger partial charge in [0.15, 0.2) is 18.9 Å². The number of benzene rings is 1. The lowest BCUT2D eigenvalue weighted by atomic mass is 9.91. The molecule has 4 aliphatic rings. The van der Waals surface area contributed by atoms with Crippen LogP contribution in [0.2, 0.25) is 0 Å². The number of carbonyl (C=O) groups excluding carboxylic acids is 2. The van der Waals surface area contributed by atoms with E-state index in [1.165, 1.54) is 0 Å². The van der Waals surface area contributed by atoms with Gasteiger partial charge in [0.05, 0.1) is 24.4 Å². The summed E-state index contributed by atoms with van der Waals surface area (Å²) in [5.74, 6) is -0.579. The smallest absolute Gasteiger partial charge is 0.338 e. The van der Waals surface area contributed by atoms with Gasteiger partial charge in [-0.15, -0.1) is 0 Å². The van der Waals surface area contributed by atoms with E-state index in [9.17, 15) is 9.59 Å². The van der Waals surface area contributed by atoms with Crippen molar-refractivity contribution in [2.75, 3.05) is 26.4 Å². The highest BCUT2D eigenvalue weighted by Gasteiger charge is 2.46. The molecule has 45 heavy (non-hydrogen) atoms. The van der Waals surface area contributed by atoms with E-state index in [0.29, 0.717) is 38.2 Å². The number of rotatable bonds is 16. The summed E-state index contributed by atoms with van der Waals surface area (Å²) in [7, 11) is 0. The Morgan fingerprint density at radius 2 is 1.47 bits per heavy atom. The number of allylic oxidation sites excluding steroid dienone is 2. The van der Waals surface area contributed by atoms with Gasteiger partial charge in [-0.2, -0.15) is 0 Å². The molecule has 0 spiro atoms. The van der Waals surface area contributed by atoms with Crippen molar-refractivity contribution < 1.29 is 42.7 Å². The molecule has 3 aliphatic heterocycles. The second-order valence-corrected chi connectivity index (χ2v) is 12.7. The van der Waals surface area contributed by atoms with E-state index in [2.05, 4.69) is 12.2 Å². The first-order valence-electron chi connectivity index (χ1n) is 17.3. The molecule has 0 aromatic heterocycles. The summed E-state index contributed by atoms with van der Waals surface area (Å²) in [5, 5.41) is 0. The van der Waals surface area contributed by atoms with Crippen molar-refractivity contribution in [3.05, 3.63) is 48.0 Å². The monoisotopic (exact) mass is 628 g/mol. The van der Waals surface area contributed by atoms with Gasteiger partial charge in [0.25, 0.3) is 0 Å². The quantitative estimate of drug-likeness (QED) is 0.0876. The zero-order chi connectivity index (χ0) is 31.1. The van der Waals surface area contributed by atoms with Gasteiger partial charge in [-0.1, -0.05) is 30.4 Å². The van der Waals surface area contributed by atoms with Crippen LogP contribution in [0.25, 0.3) is 0 Å². The summed E-state index contributed by atoms with van der Waals surface area (Å²) in [5.41, 5.74) is 0.533. The van der Waals surface area contributed by atoms with Crippen molar-refractivity contribution in [2.24, 2.45) is 11.8 Å². The lowest BCUT2D eigenvalue weighted by molar-refractivity contribution is -0.204. The van der Waals surface area contributed by atoms with Crippen LogP contribution in [-0.2, 0) is 38.0 Å². The first kappa shape index (κ1) is 34.2. The van der Waals surface area contributed by atoms with Crippen molar-refractivity contribution in [3.63, 3.8) is 0 Å². The highest BCUT2D eigenvalue weighted by atomic mass is 16.7. The first-order chi connectivity index (χ1) is 22.2. The van der Waals surface area contributed by atoms with Crippen LogP contribution in [0.4, 0.5) is 0 Å². The molecule has 3 heterocycles. The van der Waals surface area contributed by atoms with Crippen molar-refractivity contribution >= 4 is 12.3 Å². The lowest BCUT2D eigenvalue weighted by Gasteiger charge is -2.29. The summed E-state index contributed by atoms with van der Waals surface area (Å²) in [4.78, 5) is 25.2. The van der Waals surface area contributed by atoms with Crippen molar-refractivity contribution in [3.8, 4) is 0 Å². The average molecular weight is 629 g/mol. The number of aldehydes is 1. The van der Waals surface area contributed by atoms with Crippen LogP contribution in [0.1, 0.15) is 100 Å². The largest absolute Gasteiger partial charge is 0.456 e. The number of ether oxygens (including phenoxy) is 7. The second-order valence-electron chi connectivity index (χ2n) is 12.7. The molecule has 1 aromatic rings. The second kappa shape index (κ2) is 18.9. The minimum absolute atomic E-state index is 0.0151. The van der Waals surface area contributed by atoms with E-state index in [1.807, 2.05) is 18.2 Å². The molecule has 9 nitrogen and oxygen atoms in total. The molecule has 1 aromatic carbocycles. The van der Waals surface area contributed by atoms with Crippen LogP contribution in [0, 0.1) is 11.8 Å². The van der Waals surface area contributed by atoms with E-state index in [-0.39, 0.29) is 55.0 Å². The first-order valence-corrected chi connectivity index (χ1v) is 17.3. The minimum atomic E-state index is -0.362. The summed E-state index contributed by atoms with van der Waals surface area (Å²) < 4.78 is 42.1. The molecule has 4 unspecified atom stereocenters. The van der Waals surface area contributed by atoms with Crippen LogP contribution >= 0.6 is 0 Å². The highest BCUT2D eigenvalue weighted by Crippen LogP contribution is 2.40. The third-order valence-corrected chi connectivity index (χ3v) is 9.31. The predicted octanol–water partition coefficient (Wildman–Crippen LogP) is 6.53. The van der Waals surface area contributed by atoms with Crippen molar-refractivity contribution in [1.82, 2.24) is 0 Å². The molecule has 1 aliphatic carbocycles. The summed E-state index contributed by atoms with van der Waals surface area (Å²) in [6.07, 6.45) is 16.8. The zero-order valence-corrected chi connectivity index (χ0v) is 26.6. The van der Waals surface area contributed by atoms with E-state index in [1.54, 1.807) is 12.1 Å². The minimum Gasteiger partial charge on any atom is -0.456 e. The fraction of sp³-hybridized carbons (Fsp3) is 0.722. The molecular weight excluding hydrogens is 576 g/mol. The molecular formula is C36H52O9. The van der Waals surface area contributed by atoms with Crippen LogP contribution in [0.5, 0.6) is 0 Å². The number of carbonyl (C=O) groups is 2. The van der Waals surface area contributed by atoms with Gasteiger partial charge in [-0.3, -0.25) is 0 Å². The Bertz CT molecular complexity index is 1010. The number of esters is 1. The molecule has 1 saturated carbocycles. The van der Waals surface area contributed by atoms with Gasteiger partial charge in [0.1, 0.15) is 12.4 Å². The molecule has 8 atom stereocenters. The SMILES string of the molecule is O=C[C@@H]1[C@@H](CC=CCCCC(COC2CCCCO2)OC(=O)c2ccccc2)[C@@H](OC2CCCCO2)C[C@H]1OC1CCCCO1. The van der Waals surface area contributed by atoms with Gasteiger partial charge in [-0.25, -0.2) is 4.79 Å². The molecule has 9 heteroatoms. The summed E-state index contributed by atoms with van der Waals surface area (Å²) >= 11 is 0. The van der Waals surface area contributed by atoms with E-state index >= 15 is 0 Å². The Hall–Kier alpha value is -2.14. The van der Waals surface area contributed by atoms with Crippen molar-refractivity contribution in [2.45, 2.75) is 127 Å². The molecule has 0 bridgehead atoms. The van der Waals surface area contributed by atoms with Gasteiger partial charge in [0.2, 0.25) is 0 Å². The molecule has 4 fully saturated rings. The van der Waals surface area contributed by atoms with Gasteiger partial charge >= 0.3 is 5.97 Å². The van der Waals surface area contributed by atoms with Gasteiger partial charge in [-0.05, 0) is 95.6 Å². The van der Waals surface area contributed by atoms with Gasteiger partial charge < -0.3 is 38.0 Å². The fourth-order valence-corrected chi connectivity index (χ4v) is 6.77. The Balaban J connectivity index is 1.13. The highest BCUT2D eigenvalue weighted by molar-refractivity contribution is 5.89. The number of hydrogen-bond acceptors (Lipinski definition) is 9. The number of hydrogen-bond donors (Lipinski definition) is 0. The molecule has 3 saturated heterocycles. The van der Waals surface area contributed by atoms with Crippen LogP contribution in [-0.4, -0.2) is 75.9 Å². The standard InChI is InChI=1S/C36H52O9/c37-25-30-29(31(44-34-19-9-12-22-40-34)24-32(30)45-35-20-10-13-23-41-35)17-7-2-1-6-16-28(26-42-33-18-8-11-21-39-33)43-36(38)27-14-4-3-5-15-27/h2-5,7,14-15,25,28-35H,1,6,8-13,16-24,26H2/t28?,29-,30-,31+,32-,33?,34?,35?/m1/s1. The molecule has 0 radical (unpaired) electrons. The molecule has 5 rings (SSSR count). The van der Waals surface area contributed by atoms with E-state index < -0.39 is 0 Å². The van der Waals surface area contributed by atoms with Crippen LogP contribution in [0.15, 0.2) is 42.5 Å². The van der Waals surface area contributed by atoms with Crippen LogP contribution in [0.3, 0.4) is 0 Å². The molecule has 0 N–H and O–H groups in total. The Kier molecular flexibility index (Phi) is 14.3.